The Balaban J connectivity index is 2.74. The van der Waals surface area contributed by atoms with Gasteiger partial charge in [0.2, 0.25) is 0 Å². The highest BCUT2D eigenvalue weighted by Gasteiger charge is 2.37. The number of hydrogen-bond donors (Lipinski definition) is 1. The monoisotopic (exact) mass is 254 g/mol. The number of carboxylic acid groups (broad SMARTS) is 1. The van der Waals surface area contributed by atoms with Crippen LogP contribution in [-0.4, -0.2) is 45.7 Å². The van der Waals surface area contributed by atoms with Crippen LogP contribution in [0.5, 0.6) is 0 Å². The van der Waals surface area contributed by atoms with Crippen molar-refractivity contribution in [2.45, 2.75) is 30.3 Å². The Morgan fingerprint density at radius 2 is 2.20 bits per heavy atom. The van der Waals surface area contributed by atoms with Gasteiger partial charge < -0.3 is 5.11 Å². The number of aliphatic carboxylic acids is 1. The van der Waals surface area contributed by atoms with Crippen LogP contribution < -0.4 is 0 Å². The summed E-state index contributed by atoms with van der Waals surface area (Å²) in [5.74, 6) is -1.22. The van der Waals surface area contributed by atoms with Crippen molar-refractivity contribution in [3.8, 4) is 0 Å². The van der Waals surface area contributed by atoms with Crippen molar-refractivity contribution in [2.75, 3.05) is 11.5 Å². The van der Waals surface area contributed by atoms with Crippen molar-refractivity contribution in [2.24, 2.45) is 0 Å². The van der Waals surface area contributed by atoms with Gasteiger partial charge in [-0.05, 0) is 12.8 Å². The maximum absolute atomic E-state index is 11.8. The van der Waals surface area contributed by atoms with Gasteiger partial charge in [-0.1, -0.05) is 6.92 Å². The second-order valence-corrected chi connectivity index (χ2v) is 7.71. The molecule has 1 rings (SSSR count). The zero-order chi connectivity index (χ0) is 11.6. The van der Waals surface area contributed by atoms with E-state index in [1.807, 2.05) is 0 Å². The van der Waals surface area contributed by atoms with Crippen LogP contribution in [0.4, 0.5) is 0 Å². The minimum Gasteiger partial charge on any atom is -0.480 e. The van der Waals surface area contributed by atoms with Crippen LogP contribution in [-0.2, 0) is 25.4 Å². The third kappa shape index (κ3) is 3.01. The van der Waals surface area contributed by atoms with Crippen molar-refractivity contribution in [1.82, 2.24) is 0 Å². The average molecular weight is 254 g/mol. The Labute approximate surface area is 91.2 Å². The summed E-state index contributed by atoms with van der Waals surface area (Å²) >= 11 is 0. The van der Waals surface area contributed by atoms with E-state index in [1.165, 1.54) is 0 Å². The molecule has 0 spiro atoms. The van der Waals surface area contributed by atoms with E-state index in [0.717, 1.165) is 0 Å². The molecule has 0 saturated carbocycles. The first-order valence-electron chi connectivity index (χ1n) is 4.70. The number of carbonyl (C=O) groups is 1. The van der Waals surface area contributed by atoms with Gasteiger partial charge in [-0.25, -0.2) is 8.42 Å². The van der Waals surface area contributed by atoms with Crippen molar-refractivity contribution in [3.63, 3.8) is 0 Å². The molecule has 0 aromatic carbocycles. The summed E-state index contributed by atoms with van der Waals surface area (Å²) in [7, 11) is -4.68. The highest BCUT2D eigenvalue weighted by Crippen LogP contribution is 2.20. The topological polar surface area (TPSA) is 88.5 Å². The fourth-order valence-corrected chi connectivity index (χ4v) is 5.81. The molecule has 1 N–H and O–H groups in total. The van der Waals surface area contributed by atoms with Crippen molar-refractivity contribution in [1.29, 1.82) is 0 Å². The summed E-state index contributed by atoms with van der Waals surface area (Å²) < 4.78 is 34.1. The molecule has 3 atom stereocenters. The smallest absolute Gasteiger partial charge is 0.319 e. The molecule has 0 bridgehead atoms. The molecule has 1 aliphatic heterocycles. The number of hydrogen-bond acceptors (Lipinski definition) is 4. The second kappa shape index (κ2) is 4.61. The Hall–Kier alpha value is -0.430. The Morgan fingerprint density at radius 1 is 1.60 bits per heavy atom. The number of rotatable bonds is 4. The van der Waals surface area contributed by atoms with E-state index in [1.54, 1.807) is 6.92 Å². The molecule has 0 aromatic rings. The number of carboxylic acids is 1. The van der Waals surface area contributed by atoms with Crippen LogP contribution in [0.1, 0.15) is 19.8 Å². The molecular formula is C8H14O5S2. The highest BCUT2D eigenvalue weighted by molar-refractivity contribution is 7.94. The fourth-order valence-electron chi connectivity index (χ4n) is 1.61. The molecule has 0 aromatic heterocycles. The van der Waals surface area contributed by atoms with Gasteiger partial charge >= 0.3 is 5.97 Å². The number of sulfone groups is 1. The average Bonchev–Trinajstić information content (AvgIpc) is 2.46. The summed E-state index contributed by atoms with van der Waals surface area (Å²) in [5.41, 5.74) is 0. The lowest BCUT2D eigenvalue weighted by atomic mass is 10.3. The predicted molar refractivity (Wildman–Crippen MR) is 56.9 cm³/mol. The van der Waals surface area contributed by atoms with Crippen LogP contribution in [0.15, 0.2) is 0 Å². The van der Waals surface area contributed by atoms with Crippen LogP contribution in [0.2, 0.25) is 0 Å². The van der Waals surface area contributed by atoms with Crippen LogP contribution in [0.25, 0.3) is 0 Å². The lowest BCUT2D eigenvalue weighted by molar-refractivity contribution is -0.136. The largest absolute Gasteiger partial charge is 0.480 e. The minimum absolute atomic E-state index is 0.0272. The molecule has 0 aliphatic carbocycles. The molecule has 0 amide bonds. The summed E-state index contributed by atoms with van der Waals surface area (Å²) in [5, 5.41) is 7.35. The van der Waals surface area contributed by atoms with Crippen molar-refractivity contribution < 1.29 is 22.5 Å². The van der Waals surface area contributed by atoms with Crippen molar-refractivity contribution >= 4 is 26.6 Å². The zero-order valence-corrected chi connectivity index (χ0v) is 10.0. The molecule has 0 radical (unpaired) electrons. The minimum atomic E-state index is -3.09. The van der Waals surface area contributed by atoms with Gasteiger partial charge in [0, 0.05) is 10.8 Å². The quantitative estimate of drug-likeness (QED) is 0.749. The second-order valence-electron chi connectivity index (χ2n) is 3.59. The maximum atomic E-state index is 11.8. The maximum Gasteiger partial charge on any atom is 0.319 e. The first-order chi connectivity index (χ1) is 6.87. The van der Waals surface area contributed by atoms with E-state index in [2.05, 4.69) is 0 Å². The molecule has 3 unspecified atom stereocenters. The third-order valence-electron chi connectivity index (χ3n) is 2.45. The summed E-state index contributed by atoms with van der Waals surface area (Å²) in [4.78, 5) is 10.7. The van der Waals surface area contributed by atoms with Gasteiger partial charge in [0.15, 0.2) is 9.84 Å². The molecule has 15 heavy (non-hydrogen) atoms. The van der Waals surface area contributed by atoms with Crippen LogP contribution in [0, 0.1) is 0 Å². The van der Waals surface area contributed by atoms with Gasteiger partial charge in [-0.3, -0.25) is 9.00 Å². The molecule has 5 nitrogen and oxygen atoms in total. The van der Waals surface area contributed by atoms with Gasteiger partial charge in [-0.15, -0.1) is 0 Å². The lowest BCUT2D eigenvalue weighted by Crippen LogP contribution is -2.32. The predicted octanol–water partition coefficient (Wildman–Crippen LogP) is -0.215. The van der Waals surface area contributed by atoms with E-state index in [9.17, 15) is 17.4 Å². The lowest BCUT2D eigenvalue weighted by Gasteiger charge is -2.13. The molecule has 1 heterocycles. The van der Waals surface area contributed by atoms with Gasteiger partial charge in [0.25, 0.3) is 0 Å². The fraction of sp³-hybridized carbons (Fsp3) is 0.875. The van der Waals surface area contributed by atoms with E-state index in [4.69, 9.17) is 5.11 Å². The standard InChI is InChI=1S/C8H14O5S2/c1-2-7(8(9)10)14(11)6-3-4-15(12,13)5-6/h6-7H,2-5H2,1H3,(H,9,10). The van der Waals surface area contributed by atoms with Crippen LogP contribution >= 0.6 is 0 Å². The zero-order valence-electron chi connectivity index (χ0n) is 8.38. The first kappa shape index (κ1) is 12.6. The summed E-state index contributed by atoms with van der Waals surface area (Å²) in [6.07, 6.45) is 0.581. The molecular weight excluding hydrogens is 240 g/mol. The summed E-state index contributed by atoms with van der Waals surface area (Å²) in [6, 6.07) is 0. The Morgan fingerprint density at radius 3 is 2.53 bits per heavy atom. The Bertz CT molecular complexity index is 372. The van der Waals surface area contributed by atoms with E-state index < -0.39 is 37.1 Å². The Kier molecular flexibility index (Phi) is 3.88. The van der Waals surface area contributed by atoms with Gasteiger partial charge in [0.1, 0.15) is 5.25 Å². The molecule has 88 valence electrons. The van der Waals surface area contributed by atoms with E-state index in [0.29, 0.717) is 6.42 Å². The van der Waals surface area contributed by atoms with Crippen molar-refractivity contribution in [3.05, 3.63) is 0 Å². The SMILES string of the molecule is CCC(C(=O)O)S(=O)C1CCS(=O)(=O)C1. The first-order valence-corrected chi connectivity index (χ1v) is 7.79. The van der Waals surface area contributed by atoms with Crippen LogP contribution in [0.3, 0.4) is 0 Å². The molecule has 7 heteroatoms. The molecule has 1 aliphatic rings. The summed E-state index contributed by atoms with van der Waals surface area (Å²) in [6.45, 7) is 1.64. The van der Waals surface area contributed by atoms with E-state index >= 15 is 0 Å². The van der Waals surface area contributed by atoms with Gasteiger partial charge in [-0.2, -0.15) is 0 Å². The molecule has 1 fully saturated rings. The highest BCUT2D eigenvalue weighted by atomic mass is 32.2. The molecule has 1 saturated heterocycles. The third-order valence-corrected chi connectivity index (χ3v) is 6.58. The van der Waals surface area contributed by atoms with E-state index in [-0.39, 0.29) is 17.9 Å². The normalized spacial score (nSPS) is 28.5. The van der Waals surface area contributed by atoms with Gasteiger partial charge in [0.05, 0.1) is 16.8 Å².